The number of rotatable bonds is 1. The first-order valence-corrected chi connectivity index (χ1v) is 5.87. The number of pyridine rings is 1. The molecule has 0 saturated carbocycles. The number of hydrogen-bond acceptors (Lipinski definition) is 3. The Labute approximate surface area is 98.8 Å². The van der Waals surface area contributed by atoms with Gasteiger partial charge in [-0.15, -0.1) is 0 Å². The lowest BCUT2D eigenvalue weighted by atomic mass is 9.97. The van der Waals surface area contributed by atoms with Crippen LogP contribution in [0, 0.1) is 0 Å². The topological polar surface area (TPSA) is 38.1 Å². The predicted octanol–water partition coefficient (Wildman–Crippen LogP) is 3.08. The fourth-order valence-corrected chi connectivity index (χ4v) is 2.43. The van der Waals surface area contributed by atoms with Crippen LogP contribution in [0.5, 0.6) is 0 Å². The highest BCUT2D eigenvalue weighted by atomic mass is 35.5. The van der Waals surface area contributed by atoms with Crippen LogP contribution >= 0.6 is 11.6 Å². The highest BCUT2D eigenvalue weighted by Crippen LogP contribution is 2.33. The van der Waals surface area contributed by atoms with E-state index in [0.29, 0.717) is 5.15 Å². The van der Waals surface area contributed by atoms with Gasteiger partial charge in [-0.2, -0.15) is 0 Å². The van der Waals surface area contributed by atoms with Crippen LogP contribution in [0.25, 0.3) is 11.1 Å². The Morgan fingerprint density at radius 1 is 1.50 bits per heavy atom. The molecule has 3 nitrogen and oxygen atoms in total. The van der Waals surface area contributed by atoms with Gasteiger partial charge < -0.3 is 9.73 Å². The van der Waals surface area contributed by atoms with Gasteiger partial charge in [0.05, 0.1) is 5.54 Å². The summed E-state index contributed by atoms with van der Waals surface area (Å²) >= 11 is 5.85. The fraction of sp³-hybridized carbons (Fsp3) is 0.417. The molecule has 0 spiro atoms. The minimum Gasteiger partial charge on any atom is -0.457 e. The number of nitrogens with zero attached hydrogens (tertiary/aromatic N) is 1. The van der Waals surface area contributed by atoms with Gasteiger partial charge >= 0.3 is 0 Å². The molecule has 4 heteroatoms. The zero-order valence-corrected chi connectivity index (χ0v) is 9.84. The van der Waals surface area contributed by atoms with Crippen LogP contribution < -0.4 is 5.32 Å². The molecule has 0 unspecified atom stereocenters. The van der Waals surface area contributed by atoms with E-state index in [9.17, 15) is 0 Å². The third kappa shape index (κ3) is 1.51. The molecular formula is C12H13ClN2O. The smallest absolute Gasteiger partial charge is 0.152 e. The number of aromatic nitrogens is 1. The molecule has 1 aliphatic rings. The van der Waals surface area contributed by atoms with Crippen molar-refractivity contribution in [2.75, 3.05) is 6.54 Å². The summed E-state index contributed by atoms with van der Waals surface area (Å²) in [6.07, 6.45) is 2.28. The Hall–Kier alpha value is -1.06. The van der Waals surface area contributed by atoms with Gasteiger partial charge in [0.15, 0.2) is 5.58 Å². The van der Waals surface area contributed by atoms with Crippen molar-refractivity contribution in [2.24, 2.45) is 0 Å². The lowest BCUT2D eigenvalue weighted by molar-refractivity contribution is 0.346. The third-order valence-electron chi connectivity index (χ3n) is 3.25. The highest BCUT2D eigenvalue weighted by molar-refractivity contribution is 6.29. The average Bonchev–Trinajstić information content (AvgIpc) is 2.84. The van der Waals surface area contributed by atoms with E-state index in [1.54, 1.807) is 6.07 Å². The van der Waals surface area contributed by atoms with E-state index in [4.69, 9.17) is 16.0 Å². The molecule has 2 aromatic heterocycles. The van der Waals surface area contributed by atoms with E-state index in [1.165, 1.54) is 6.42 Å². The second-order valence-electron chi connectivity index (χ2n) is 4.49. The minimum atomic E-state index is -0.0484. The maximum Gasteiger partial charge on any atom is 0.152 e. The number of nitrogens with one attached hydrogen (secondary N) is 1. The van der Waals surface area contributed by atoms with Crippen molar-refractivity contribution in [3.8, 4) is 0 Å². The Balaban J connectivity index is 2.11. The second kappa shape index (κ2) is 3.47. The van der Waals surface area contributed by atoms with Gasteiger partial charge in [0, 0.05) is 6.07 Å². The molecule has 0 radical (unpaired) electrons. The van der Waals surface area contributed by atoms with Crippen molar-refractivity contribution in [2.45, 2.75) is 25.3 Å². The molecule has 3 rings (SSSR count). The Morgan fingerprint density at radius 3 is 3.12 bits per heavy atom. The van der Waals surface area contributed by atoms with E-state index in [2.05, 4.69) is 17.2 Å². The highest BCUT2D eigenvalue weighted by Gasteiger charge is 2.33. The van der Waals surface area contributed by atoms with Gasteiger partial charge in [-0.05, 0) is 38.4 Å². The predicted molar refractivity (Wildman–Crippen MR) is 63.6 cm³/mol. The first-order chi connectivity index (χ1) is 7.67. The molecule has 3 heterocycles. The van der Waals surface area contributed by atoms with Crippen molar-refractivity contribution in [1.29, 1.82) is 0 Å². The Bertz CT molecular complexity index is 529. The molecule has 1 N–H and O–H groups in total. The average molecular weight is 237 g/mol. The quantitative estimate of drug-likeness (QED) is 0.774. The molecule has 2 aromatic rings. The van der Waals surface area contributed by atoms with E-state index in [0.717, 1.165) is 29.8 Å². The zero-order chi connectivity index (χ0) is 11.2. The summed E-state index contributed by atoms with van der Waals surface area (Å²) < 4.78 is 5.83. The summed E-state index contributed by atoms with van der Waals surface area (Å²) in [5, 5.41) is 3.97. The van der Waals surface area contributed by atoms with Gasteiger partial charge in [0.25, 0.3) is 0 Å². The molecule has 0 bridgehead atoms. The van der Waals surface area contributed by atoms with Gasteiger partial charge in [-0.25, -0.2) is 4.98 Å². The minimum absolute atomic E-state index is 0.0484. The SMILES string of the molecule is C[C@]1(c2cc3nc(Cl)ccc3o2)CCCN1. The summed E-state index contributed by atoms with van der Waals surface area (Å²) in [6, 6.07) is 5.60. The largest absolute Gasteiger partial charge is 0.457 e. The molecule has 1 aliphatic heterocycles. The van der Waals surface area contributed by atoms with Gasteiger partial charge in [-0.3, -0.25) is 0 Å². The molecule has 16 heavy (non-hydrogen) atoms. The van der Waals surface area contributed by atoms with Crippen molar-refractivity contribution >= 4 is 22.7 Å². The molecule has 0 aromatic carbocycles. The third-order valence-corrected chi connectivity index (χ3v) is 3.46. The van der Waals surface area contributed by atoms with E-state index < -0.39 is 0 Å². The first kappa shape index (κ1) is 10.1. The van der Waals surface area contributed by atoms with Crippen molar-refractivity contribution in [1.82, 2.24) is 10.3 Å². The van der Waals surface area contributed by atoms with E-state index in [1.807, 2.05) is 12.1 Å². The Kier molecular flexibility index (Phi) is 2.19. The van der Waals surface area contributed by atoms with Gasteiger partial charge in [0.2, 0.25) is 0 Å². The molecule has 1 atom stereocenters. The normalized spacial score (nSPS) is 25.4. The number of hydrogen-bond donors (Lipinski definition) is 1. The molecular weight excluding hydrogens is 224 g/mol. The second-order valence-corrected chi connectivity index (χ2v) is 4.88. The van der Waals surface area contributed by atoms with Crippen LogP contribution in [0.4, 0.5) is 0 Å². The standard InChI is InChI=1S/C12H13ClN2O/c1-12(5-2-6-14-12)10-7-8-9(16-10)3-4-11(13)15-8/h3-4,7,14H,2,5-6H2,1H3/t12-/m1/s1. The lowest BCUT2D eigenvalue weighted by Gasteiger charge is -2.20. The monoisotopic (exact) mass is 236 g/mol. The van der Waals surface area contributed by atoms with Crippen LogP contribution in [0.15, 0.2) is 22.6 Å². The van der Waals surface area contributed by atoms with Crippen LogP contribution in [0.1, 0.15) is 25.5 Å². The van der Waals surface area contributed by atoms with Gasteiger partial charge in [-0.1, -0.05) is 11.6 Å². The van der Waals surface area contributed by atoms with Gasteiger partial charge in [0.1, 0.15) is 16.4 Å². The summed E-state index contributed by atoms with van der Waals surface area (Å²) in [7, 11) is 0. The number of fused-ring (bicyclic) bond motifs is 1. The maximum absolute atomic E-state index is 5.85. The zero-order valence-electron chi connectivity index (χ0n) is 9.09. The molecule has 84 valence electrons. The van der Waals surface area contributed by atoms with Crippen LogP contribution in [-0.2, 0) is 5.54 Å². The van der Waals surface area contributed by atoms with E-state index >= 15 is 0 Å². The molecule has 1 fully saturated rings. The van der Waals surface area contributed by atoms with Crippen LogP contribution in [-0.4, -0.2) is 11.5 Å². The fourth-order valence-electron chi connectivity index (χ4n) is 2.28. The van der Waals surface area contributed by atoms with Crippen LogP contribution in [0.2, 0.25) is 5.15 Å². The maximum atomic E-state index is 5.85. The lowest BCUT2D eigenvalue weighted by Crippen LogP contribution is -2.32. The van der Waals surface area contributed by atoms with Crippen molar-refractivity contribution < 1.29 is 4.42 Å². The summed E-state index contributed by atoms with van der Waals surface area (Å²) in [4.78, 5) is 4.24. The summed E-state index contributed by atoms with van der Waals surface area (Å²) in [6.45, 7) is 3.21. The number of furan rings is 1. The molecule has 0 aliphatic carbocycles. The summed E-state index contributed by atoms with van der Waals surface area (Å²) in [5.74, 6) is 0.953. The molecule has 1 saturated heterocycles. The van der Waals surface area contributed by atoms with Crippen LogP contribution in [0.3, 0.4) is 0 Å². The summed E-state index contributed by atoms with van der Waals surface area (Å²) in [5.41, 5.74) is 1.58. The molecule has 0 amide bonds. The van der Waals surface area contributed by atoms with Crippen molar-refractivity contribution in [3.63, 3.8) is 0 Å². The van der Waals surface area contributed by atoms with E-state index in [-0.39, 0.29) is 5.54 Å². The number of halogens is 1. The Morgan fingerprint density at radius 2 is 2.38 bits per heavy atom. The first-order valence-electron chi connectivity index (χ1n) is 5.49. The van der Waals surface area contributed by atoms with Crippen molar-refractivity contribution in [3.05, 3.63) is 29.1 Å².